The fraction of sp³-hybridized carbons (Fsp3) is 0.231. The van der Waals surface area contributed by atoms with E-state index >= 15 is 0 Å². The molecule has 0 unspecified atom stereocenters. The molecular weight excluding hydrogens is 202 g/mol. The van der Waals surface area contributed by atoms with E-state index in [1.165, 1.54) is 0 Å². The van der Waals surface area contributed by atoms with Crippen LogP contribution in [0.3, 0.4) is 0 Å². The zero-order chi connectivity index (χ0) is 12.2. The number of nitriles is 1. The topological polar surface area (TPSA) is 61.1 Å². The van der Waals surface area contributed by atoms with Crippen molar-refractivity contribution in [3.05, 3.63) is 42.0 Å². The van der Waals surface area contributed by atoms with Crippen LogP contribution >= 0.6 is 0 Å². The predicted octanol–water partition coefficient (Wildman–Crippen LogP) is 2.59. The number of rotatable bonds is 4. The van der Waals surface area contributed by atoms with Crippen LogP contribution < -0.4 is 0 Å². The van der Waals surface area contributed by atoms with Crippen LogP contribution in [0.4, 0.5) is 0 Å². The van der Waals surface area contributed by atoms with Crippen LogP contribution in [0.2, 0.25) is 0 Å². The molecule has 0 aliphatic carbocycles. The summed E-state index contributed by atoms with van der Waals surface area (Å²) in [7, 11) is 0. The van der Waals surface area contributed by atoms with E-state index in [9.17, 15) is 4.79 Å². The van der Waals surface area contributed by atoms with Crippen molar-refractivity contribution in [3.63, 3.8) is 0 Å². The molecule has 1 N–H and O–H groups in total. The minimum atomic E-state index is -1.44. The Morgan fingerprint density at radius 1 is 1.56 bits per heavy atom. The molecule has 3 nitrogen and oxygen atoms in total. The van der Waals surface area contributed by atoms with Crippen LogP contribution in [0.5, 0.6) is 0 Å². The summed E-state index contributed by atoms with van der Waals surface area (Å²) < 4.78 is 0. The van der Waals surface area contributed by atoms with Crippen molar-refractivity contribution >= 4 is 12.0 Å². The second-order valence-corrected chi connectivity index (χ2v) is 3.50. The summed E-state index contributed by atoms with van der Waals surface area (Å²) in [5.41, 5.74) is -0.0349. The summed E-state index contributed by atoms with van der Waals surface area (Å²) in [6.45, 7) is 5.31. The Morgan fingerprint density at radius 2 is 2.12 bits per heavy atom. The van der Waals surface area contributed by atoms with Crippen LogP contribution in [0.15, 0.2) is 30.8 Å². The number of carboxylic acids is 1. The molecule has 0 bridgehead atoms. The lowest BCUT2D eigenvalue weighted by atomic mass is 9.79. The van der Waals surface area contributed by atoms with E-state index in [1.54, 1.807) is 37.3 Å². The quantitative estimate of drug-likeness (QED) is 0.839. The van der Waals surface area contributed by atoms with Crippen molar-refractivity contribution in [1.29, 1.82) is 5.26 Å². The molecule has 82 valence electrons. The maximum absolute atomic E-state index is 11.2. The molecular formula is C13H13NO2. The molecule has 0 saturated heterocycles. The van der Waals surface area contributed by atoms with Gasteiger partial charge in [-0.2, -0.15) is 5.26 Å². The third kappa shape index (κ3) is 1.82. The minimum absolute atomic E-state index is 0.242. The van der Waals surface area contributed by atoms with E-state index in [0.29, 0.717) is 5.56 Å². The number of nitrogens with zero attached hydrogens (tertiary/aromatic N) is 1. The fourth-order valence-electron chi connectivity index (χ4n) is 1.57. The van der Waals surface area contributed by atoms with Gasteiger partial charge in [0.15, 0.2) is 5.41 Å². The molecule has 0 aliphatic rings. The van der Waals surface area contributed by atoms with Crippen molar-refractivity contribution in [3.8, 4) is 6.07 Å². The first-order valence-corrected chi connectivity index (χ1v) is 4.98. The van der Waals surface area contributed by atoms with Gasteiger partial charge in [0.25, 0.3) is 0 Å². The van der Waals surface area contributed by atoms with Crippen molar-refractivity contribution in [2.45, 2.75) is 18.8 Å². The summed E-state index contributed by atoms with van der Waals surface area (Å²) >= 11 is 0. The lowest BCUT2D eigenvalue weighted by molar-refractivity contribution is -0.141. The Labute approximate surface area is 94.6 Å². The molecule has 0 aliphatic heterocycles. The molecule has 1 rings (SSSR count). The number of carboxylic acid groups (broad SMARTS) is 1. The summed E-state index contributed by atoms with van der Waals surface area (Å²) in [6, 6.07) is 8.74. The molecule has 0 heterocycles. The van der Waals surface area contributed by atoms with E-state index < -0.39 is 11.4 Å². The summed E-state index contributed by atoms with van der Waals surface area (Å²) in [4.78, 5) is 11.2. The third-order valence-electron chi connectivity index (χ3n) is 2.73. The second-order valence-electron chi connectivity index (χ2n) is 3.50. The van der Waals surface area contributed by atoms with Crippen LogP contribution in [-0.4, -0.2) is 11.1 Å². The van der Waals surface area contributed by atoms with Crippen LogP contribution in [0.1, 0.15) is 24.5 Å². The van der Waals surface area contributed by atoms with Gasteiger partial charge in [0, 0.05) is 0 Å². The van der Waals surface area contributed by atoms with Gasteiger partial charge in [0.2, 0.25) is 0 Å². The van der Waals surface area contributed by atoms with Crippen LogP contribution in [-0.2, 0) is 10.2 Å². The lowest BCUT2D eigenvalue weighted by Gasteiger charge is -2.20. The second kappa shape index (κ2) is 4.63. The first kappa shape index (κ1) is 12.0. The Kier molecular flexibility index (Phi) is 3.47. The summed E-state index contributed by atoms with van der Waals surface area (Å²) in [5, 5.41) is 18.2. The van der Waals surface area contributed by atoms with Crippen molar-refractivity contribution in [2.75, 3.05) is 0 Å². The number of hydrogen-bond donors (Lipinski definition) is 1. The molecule has 3 heteroatoms. The third-order valence-corrected chi connectivity index (χ3v) is 2.73. The van der Waals surface area contributed by atoms with Gasteiger partial charge in [0.1, 0.15) is 0 Å². The Hall–Kier alpha value is -2.08. The largest absolute Gasteiger partial charge is 0.480 e. The van der Waals surface area contributed by atoms with Gasteiger partial charge in [0.05, 0.1) is 6.07 Å². The molecule has 0 fully saturated rings. The Morgan fingerprint density at radius 3 is 2.44 bits per heavy atom. The molecule has 0 aromatic heterocycles. The SMILES string of the molecule is C=Cc1ccc([C@@](C#N)(CC)C(=O)O)cc1. The van der Waals surface area contributed by atoms with E-state index in [1.807, 2.05) is 6.07 Å². The molecule has 1 atom stereocenters. The van der Waals surface area contributed by atoms with E-state index in [0.717, 1.165) is 5.56 Å². The zero-order valence-electron chi connectivity index (χ0n) is 9.10. The Balaban J connectivity index is 3.28. The van der Waals surface area contributed by atoms with E-state index in [4.69, 9.17) is 10.4 Å². The van der Waals surface area contributed by atoms with Gasteiger partial charge < -0.3 is 5.11 Å². The molecule has 0 spiro atoms. The van der Waals surface area contributed by atoms with Gasteiger partial charge in [-0.1, -0.05) is 43.8 Å². The molecule has 1 aromatic rings. The predicted molar refractivity (Wildman–Crippen MR) is 61.8 cm³/mol. The Bertz CT molecular complexity index is 442. The highest BCUT2D eigenvalue weighted by atomic mass is 16.4. The summed E-state index contributed by atoms with van der Waals surface area (Å²) in [6.07, 6.45) is 1.91. The van der Waals surface area contributed by atoms with Crippen LogP contribution in [0.25, 0.3) is 6.08 Å². The zero-order valence-corrected chi connectivity index (χ0v) is 9.10. The number of aliphatic carboxylic acids is 1. The van der Waals surface area contributed by atoms with Gasteiger partial charge in [-0.25, -0.2) is 0 Å². The monoisotopic (exact) mass is 215 g/mol. The van der Waals surface area contributed by atoms with Crippen molar-refractivity contribution in [1.82, 2.24) is 0 Å². The molecule has 0 saturated carbocycles. The summed E-state index contributed by atoms with van der Waals surface area (Å²) in [5.74, 6) is -1.11. The maximum atomic E-state index is 11.2. The number of benzene rings is 1. The normalized spacial score (nSPS) is 13.5. The smallest absolute Gasteiger partial charge is 0.328 e. The van der Waals surface area contributed by atoms with Crippen molar-refractivity contribution < 1.29 is 9.90 Å². The van der Waals surface area contributed by atoms with E-state index in [2.05, 4.69) is 6.58 Å². The van der Waals surface area contributed by atoms with Gasteiger partial charge in [-0.3, -0.25) is 4.79 Å². The molecule has 16 heavy (non-hydrogen) atoms. The number of carbonyl (C=O) groups is 1. The molecule has 0 radical (unpaired) electrons. The highest BCUT2D eigenvalue weighted by Gasteiger charge is 2.38. The van der Waals surface area contributed by atoms with Gasteiger partial charge in [-0.05, 0) is 17.5 Å². The minimum Gasteiger partial charge on any atom is -0.480 e. The van der Waals surface area contributed by atoms with Crippen molar-refractivity contribution in [2.24, 2.45) is 0 Å². The van der Waals surface area contributed by atoms with E-state index in [-0.39, 0.29) is 6.42 Å². The van der Waals surface area contributed by atoms with Gasteiger partial charge >= 0.3 is 5.97 Å². The molecule has 1 aromatic carbocycles. The average molecular weight is 215 g/mol. The lowest BCUT2D eigenvalue weighted by Crippen LogP contribution is -2.33. The maximum Gasteiger partial charge on any atom is 0.328 e. The van der Waals surface area contributed by atoms with Crippen LogP contribution in [0, 0.1) is 11.3 Å². The standard InChI is InChI=1S/C13H13NO2/c1-3-10-5-7-11(8-6-10)13(4-2,9-14)12(15)16/h3,5-8H,1,4H2,2H3,(H,15,16)/t13-/m0/s1. The average Bonchev–Trinajstić information content (AvgIpc) is 2.32. The highest BCUT2D eigenvalue weighted by Crippen LogP contribution is 2.28. The fourth-order valence-corrected chi connectivity index (χ4v) is 1.57. The molecule has 0 amide bonds. The number of hydrogen-bond acceptors (Lipinski definition) is 2. The first-order valence-electron chi connectivity index (χ1n) is 4.98. The highest BCUT2D eigenvalue weighted by molar-refractivity contribution is 5.85. The van der Waals surface area contributed by atoms with Gasteiger partial charge in [-0.15, -0.1) is 0 Å². The first-order chi connectivity index (χ1) is 7.60.